The first-order valence-electron chi connectivity index (χ1n) is 7.03. The fourth-order valence-corrected chi connectivity index (χ4v) is 1.91. The van der Waals surface area contributed by atoms with Crippen LogP contribution in [-0.4, -0.2) is 11.6 Å². The normalized spacial score (nSPS) is 11.3. The van der Waals surface area contributed by atoms with Gasteiger partial charge in [0.15, 0.2) is 0 Å². The minimum atomic E-state index is -4.49. The van der Waals surface area contributed by atoms with Crippen molar-refractivity contribution < 1.29 is 22.6 Å². The van der Waals surface area contributed by atoms with Crippen molar-refractivity contribution in [3.05, 3.63) is 47.1 Å². The molecule has 0 radical (unpaired) electrons. The van der Waals surface area contributed by atoms with Gasteiger partial charge in [-0.1, -0.05) is 24.9 Å². The van der Waals surface area contributed by atoms with Crippen molar-refractivity contribution in [3.8, 4) is 17.4 Å². The molecule has 0 saturated heterocycles. The summed E-state index contributed by atoms with van der Waals surface area (Å²) < 4.78 is 48.5. The van der Waals surface area contributed by atoms with Crippen molar-refractivity contribution in [2.45, 2.75) is 25.9 Å². The van der Waals surface area contributed by atoms with Gasteiger partial charge in [0.25, 0.3) is 0 Å². The van der Waals surface area contributed by atoms with E-state index in [1.54, 1.807) is 24.3 Å². The molecule has 0 unspecified atom stereocenters. The first-order valence-corrected chi connectivity index (χ1v) is 7.41. The number of ether oxygens (including phenoxy) is 2. The Bertz CT molecular complexity index is 645. The largest absolute Gasteiger partial charge is 0.494 e. The number of benzene rings is 1. The summed E-state index contributed by atoms with van der Waals surface area (Å²) in [5.41, 5.74) is -0.922. The zero-order valence-corrected chi connectivity index (χ0v) is 13.1. The number of hydrogen-bond donors (Lipinski definition) is 0. The molecule has 0 N–H and O–H groups in total. The fraction of sp³-hybridized carbons (Fsp3) is 0.312. The van der Waals surface area contributed by atoms with E-state index in [1.165, 1.54) is 0 Å². The lowest BCUT2D eigenvalue weighted by atomic mass is 10.3. The maximum Gasteiger partial charge on any atom is 0.417 e. The predicted octanol–water partition coefficient (Wildman–Crippen LogP) is 5.73. The van der Waals surface area contributed by atoms with Crippen molar-refractivity contribution in [3.63, 3.8) is 0 Å². The summed E-state index contributed by atoms with van der Waals surface area (Å²) in [7, 11) is 0. The maximum atomic E-state index is 12.5. The molecule has 0 atom stereocenters. The highest BCUT2D eigenvalue weighted by Crippen LogP contribution is 2.34. The quantitative estimate of drug-likeness (QED) is 0.627. The van der Waals surface area contributed by atoms with E-state index in [4.69, 9.17) is 21.1 Å². The number of unbranched alkanes of at least 4 members (excludes halogenated alkanes) is 1. The lowest BCUT2D eigenvalue weighted by Crippen LogP contribution is -2.05. The summed E-state index contributed by atoms with van der Waals surface area (Å²) >= 11 is 5.79. The minimum Gasteiger partial charge on any atom is -0.494 e. The van der Waals surface area contributed by atoms with Crippen LogP contribution in [0.15, 0.2) is 36.5 Å². The van der Waals surface area contributed by atoms with E-state index in [-0.39, 0.29) is 10.9 Å². The SMILES string of the molecule is CCCCOc1ccc(Oc2ncc(C(F)(F)F)cc2Cl)cc1. The molecule has 0 bridgehead atoms. The topological polar surface area (TPSA) is 31.4 Å². The molecule has 2 rings (SSSR count). The molecular formula is C16H15ClF3NO2. The van der Waals surface area contributed by atoms with Gasteiger partial charge in [-0.25, -0.2) is 4.98 Å². The molecule has 23 heavy (non-hydrogen) atoms. The molecule has 0 aliphatic carbocycles. The molecule has 1 aromatic heterocycles. The van der Waals surface area contributed by atoms with Crippen molar-refractivity contribution in [1.82, 2.24) is 4.98 Å². The third kappa shape index (κ3) is 5.03. The van der Waals surface area contributed by atoms with E-state index in [0.717, 1.165) is 18.9 Å². The van der Waals surface area contributed by atoms with E-state index in [1.807, 2.05) is 0 Å². The molecule has 2 aromatic rings. The summed E-state index contributed by atoms with van der Waals surface area (Å²) in [6, 6.07) is 7.48. The van der Waals surface area contributed by atoms with Gasteiger partial charge in [-0.2, -0.15) is 13.2 Å². The van der Waals surface area contributed by atoms with Crippen molar-refractivity contribution >= 4 is 11.6 Å². The molecule has 0 aliphatic rings. The molecule has 0 amide bonds. The van der Waals surface area contributed by atoms with Gasteiger partial charge in [0, 0.05) is 6.20 Å². The second-order valence-corrected chi connectivity index (χ2v) is 5.19. The Morgan fingerprint density at radius 1 is 1.13 bits per heavy atom. The van der Waals surface area contributed by atoms with Gasteiger partial charge < -0.3 is 9.47 Å². The Kier molecular flexibility index (Phi) is 5.71. The Hall–Kier alpha value is -1.95. The number of rotatable bonds is 6. The summed E-state index contributed by atoms with van der Waals surface area (Å²) in [6.45, 7) is 2.70. The zero-order chi connectivity index (χ0) is 16.9. The molecule has 1 heterocycles. The first-order chi connectivity index (χ1) is 10.9. The van der Waals surface area contributed by atoms with Crippen molar-refractivity contribution in [2.24, 2.45) is 0 Å². The Morgan fingerprint density at radius 2 is 1.78 bits per heavy atom. The zero-order valence-electron chi connectivity index (χ0n) is 12.4. The first kappa shape index (κ1) is 17.4. The minimum absolute atomic E-state index is 0.0840. The van der Waals surface area contributed by atoms with Crippen molar-refractivity contribution in [1.29, 1.82) is 0 Å². The summed E-state index contributed by atoms with van der Waals surface area (Å²) in [4.78, 5) is 3.62. The number of nitrogens with zero attached hydrogens (tertiary/aromatic N) is 1. The van der Waals surface area contributed by atoms with Gasteiger partial charge in [0.05, 0.1) is 12.2 Å². The van der Waals surface area contributed by atoms with Crippen LogP contribution in [0, 0.1) is 0 Å². The number of halogens is 4. The number of hydrogen-bond acceptors (Lipinski definition) is 3. The van der Waals surface area contributed by atoms with Crippen LogP contribution in [-0.2, 0) is 6.18 Å². The third-order valence-electron chi connectivity index (χ3n) is 2.94. The van der Waals surface area contributed by atoms with Crippen molar-refractivity contribution in [2.75, 3.05) is 6.61 Å². The van der Waals surface area contributed by atoms with Crippen LogP contribution in [0.1, 0.15) is 25.3 Å². The molecule has 3 nitrogen and oxygen atoms in total. The smallest absolute Gasteiger partial charge is 0.417 e. The lowest BCUT2D eigenvalue weighted by molar-refractivity contribution is -0.137. The van der Waals surface area contributed by atoms with E-state index in [0.29, 0.717) is 24.3 Å². The predicted molar refractivity (Wildman–Crippen MR) is 81.2 cm³/mol. The van der Waals surface area contributed by atoms with Gasteiger partial charge >= 0.3 is 6.18 Å². The molecule has 0 spiro atoms. The maximum absolute atomic E-state index is 12.5. The number of alkyl halides is 3. The van der Waals surface area contributed by atoms with Crippen LogP contribution in [0.4, 0.5) is 13.2 Å². The molecule has 7 heteroatoms. The van der Waals surface area contributed by atoms with E-state index in [9.17, 15) is 13.2 Å². The molecule has 0 saturated carbocycles. The Morgan fingerprint density at radius 3 is 2.35 bits per heavy atom. The second kappa shape index (κ2) is 7.55. The van der Waals surface area contributed by atoms with E-state index >= 15 is 0 Å². The molecule has 124 valence electrons. The van der Waals surface area contributed by atoms with Gasteiger partial charge in [-0.3, -0.25) is 0 Å². The molecule has 0 aliphatic heterocycles. The summed E-state index contributed by atoms with van der Waals surface area (Å²) in [6.07, 6.45) is -1.81. The van der Waals surface area contributed by atoms with Crippen LogP contribution in [0.5, 0.6) is 17.4 Å². The Balaban J connectivity index is 2.04. The van der Waals surface area contributed by atoms with Gasteiger partial charge in [-0.15, -0.1) is 0 Å². The van der Waals surface area contributed by atoms with Crippen LogP contribution in [0.25, 0.3) is 0 Å². The van der Waals surface area contributed by atoms with E-state index in [2.05, 4.69) is 11.9 Å². The Labute approximate surface area is 137 Å². The highest BCUT2D eigenvalue weighted by molar-refractivity contribution is 6.31. The molecule has 0 fully saturated rings. The highest BCUT2D eigenvalue weighted by atomic mass is 35.5. The molecule has 1 aromatic carbocycles. The van der Waals surface area contributed by atoms with Crippen LogP contribution in [0.3, 0.4) is 0 Å². The van der Waals surface area contributed by atoms with Crippen LogP contribution >= 0.6 is 11.6 Å². The van der Waals surface area contributed by atoms with Gasteiger partial charge in [-0.05, 0) is 36.8 Å². The van der Waals surface area contributed by atoms with Crippen LogP contribution < -0.4 is 9.47 Å². The highest BCUT2D eigenvalue weighted by Gasteiger charge is 2.31. The van der Waals surface area contributed by atoms with Gasteiger partial charge in [0.1, 0.15) is 16.5 Å². The average Bonchev–Trinajstić information content (AvgIpc) is 2.50. The average molecular weight is 346 g/mol. The monoisotopic (exact) mass is 345 g/mol. The standard InChI is InChI=1S/C16H15ClF3NO2/c1-2-3-8-22-12-4-6-13(7-5-12)23-15-14(17)9-11(10-21-15)16(18,19)20/h4-7,9-10H,2-3,8H2,1H3. The summed E-state index contributed by atoms with van der Waals surface area (Å²) in [5.74, 6) is 1.01. The molecular weight excluding hydrogens is 331 g/mol. The van der Waals surface area contributed by atoms with Gasteiger partial charge in [0.2, 0.25) is 5.88 Å². The van der Waals surface area contributed by atoms with Crippen LogP contribution in [0.2, 0.25) is 5.02 Å². The fourth-order valence-electron chi connectivity index (χ4n) is 1.71. The number of aromatic nitrogens is 1. The third-order valence-corrected chi connectivity index (χ3v) is 3.21. The van der Waals surface area contributed by atoms with E-state index < -0.39 is 11.7 Å². The number of pyridine rings is 1. The summed E-state index contributed by atoms with van der Waals surface area (Å²) in [5, 5.41) is -0.205. The second-order valence-electron chi connectivity index (χ2n) is 4.78. The lowest BCUT2D eigenvalue weighted by Gasteiger charge is -2.10.